The van der Waals surface area contributed by atoms with Crippen LogP contribution in [-0.4, -0.2) is 4.98 Å². The highest BCUT2D eigenvalue weighted by atomic mass is 14.6. The molecule has 0 aliphatic heterocycles. The molecule has 0 amide bonds. The molecule has 1 aliphatic carbocycles. The molecule has 1 aromatic heterocycles. The summed E-state index contributed by atoms with van der Waals surface area (Å²) < 4.78 is 0. The summed E-state index contributed by atoms with van der Waals surface area (Å²) in [5, 5.41) is 0. The molecule has 0 saturated carbocycles. The molecule has 4 rings (SSSR count). The molecule has 90 valence electrons. The Labute approximate surface area is 112 Å². The number of hydrogen-bond acceptors (Lipinski definition) is 1. The van der Waals surface area contributed by atoms with Gasteiger partial charge in [0.05, 0.1) is 0 Å². The van der Waals surface area contributed by atoms with E-state index in [2.05, 4.69) is 59.6 Å². The number of pyridine rings is 1. The number of fused-ring (bicyclic) bond motifs is 5. The molecule has 0 atom stereocenters. The van der Waals surface area contributed by atoms with Crippen molar-refractivity contribution < 1.29 is 0 Å². The topological polar surface area (TPSA) is 12.9 Å². The first-order valence-electron chi connectivity index (χ1n) is 6.54. The summed E-state index contributed by atoms with van der Waals surface area (Å²) in [5.74, 6) is 0. The zero-order valence-corrected chi connectivity index (χ0v) is 10.5. The highest BCUT2D eigenvalue weighted by Crippen LogP contribution is 2.39. The maximum Gasteiger partial charge on any atom is 0.0349 e. The number of nitrogens with zero attached hydrogens (tertiary/aromatic N) is 1. The van der Waals surface area contributed by atoms with E-state index in [0.717, 1.165) is 6.42 Å². The number of rotatable bonds is 0. The SMILES string of the molecule is c1ccc2c(c1)Cc1ccncc1-c1ccccc1-2. The molecule has 1 aliphatic rings. The lowest BCUT2D eigenvalue weighted by Crippen LogP contribution is -1.90. The molecule has 0 unspecified atom stereocenters. The molecular weight excluding hydrogens is 230 g/mol. The third kappa shape index (κ3) is 1.59. The first-order chi connectivity index (χ1) is 9.43. The molecule has 1 heterocycles. The highest BCUT2D eigenvalue weighted by Gasteiger charge is 2.17. The van der Waals surface area contributed by atoms with Crippen molar-refractivity contribution in [3.63, 3.8) is 0 Å². The quantitative estimate of drug-likeness (QED) is 0.448. The van der Waals surface area contributed by atoms with Gasteiger partial charge >= 0.3 is 0 Å². The van der Waals surface area contributed by atoms with E-state index in [0.29, 0.717) is 0 Å². The summed E-state index contributed by atoms with van der Waals surface area (Å²) in [6, 6.07) is 19.4. The zero-order chi connectivity index (χ0) is 12.7. The molecule has 3 aromatic rings. The van der Waals surface area contributed by atoms with Gasteiger partial charge in [-0.25, -0.2) is 0 Å². The van der Waals surface area contributed by atoms with Crippen LogP contribution in [-0.2, 0) is 6.42 Å². The highest BCUT2D eigenvalue weighted by molar-refractivity contribution is 5.88. The molecule has 2 aromatic carbocycles. The van der Waals surface area contributed by atoms with Gasteiger partial charge in [-0.1, -0.05) is 48.5 Å². The molecule has 0 N–H and O–H groups in total. The molecule has 1 heteroatoms. The normalized spacial score (nSPS) is 12.0. The van der Waals surface area contributed by atoms with Crippen LogP contribution >= 0.6 is 0 Å². The Morgan fingerprint density at radius 1 is 0.632 bits per heavy atom. The van der Waals surface area contributed by atoms with Gasteiger partial charge in [0.15, 0.2) is 0 Å². The maximum atomic E-state index is 4.30. The first-order valence-corrected chi connectivity index (χ1v) is 6.54. The summed E-state index contributed by atoms with van der Waals surface area (Å²) >= 11 is 0. The molecule has 0 radical (unpaired) electrons. The summed E-state index contributed by atoms with van der Waals surface area (Å²) in [5.41, 5.74) is 7.94. The van der Waals surface area contributed by atoms with E-state index in [1.807, 2.05) is 12.4 Å². The lowest BCUT2D eigenvalue weighted by atomic mass is 9.95. The second kappa shape index (κ2) is 4.06. The monoisotopic (exact) mass is 243 g/mol. The van der Waals surface area contributed by atoms with Crippen LogP contribution in [0.4, 0.5) is 0 Å². The third-order valence-corrected chi connectivity index (χ3v) is 3.82. The summed E-state index contributed by atoms with van der Waals surface area (Å²) in [4.78, 5) is 4.30. The van der Waals surface area contributed by atoms with Gasteiger partial charge in [0, 0.05) is 18.0 Å². The Morgan fingerprint density at radius 2 is 1.26 bits per heavy atom. The van der Waals surface area contributed by atoms with Crippen molar-refractivity contribution in [3.05, 3.63) is 78.1 Å². The Kier molecular flexibility index (Phi) is 2.25. The molecule has 0 spiro atoms. The van der Waals surface area contributed by atoms with Crippen LogP contribution in [0.15, 0.2) is 67.0 Å². The molecule has 0 bridgehead atoms. The molecule has 0 saturated heterocycles. The maximum absolute atomic E-state index is 4.30. The minimum Gasteiger partial charge on any atom is -0.264 e. The Bertz CT molecular complexity index is 694. The Hall–Kier alpha value is -2.41. The summed E-state index contributed by atoms with van der Waals surface area (Å²) in [7, 11) is 0. The van der Waals surface area contributed by atoms with Gasteiger partial charge in [0.2, 0.25) is 0 Å². The fraction of sp³-hybridized carbons (Fsp3) is 0.0556. The van der Waals surface area contributed by atoms with Crippen LogP contribution in [0.3, 0.4) is 0 Å². The van der Waals surface area contributed by atoms with E-state index in [1.54, 1.807) is 0 Å². The minimum atomic E-state index is 0.975. The van der Waals surface area contributed by atoms with Gasteiger partial charge in [-0.15, -0.1) is 0 Å². The predicted molar refractivity (Wildman–Crippen MR) is 77.9 cm³/mol. The average Bonchev–Trinajstić information content (AvgIpc) is 2.62. The number of aromatic nitrogens is 1. The first kappa shape index (κ1) is 10.5. The van der Waals surface area contributed by atoms with Crippen molar-refractivity contribution in [1.82, 2.24) is 4.98 Å². The van der Waals surface area contributed by atoms with Crippen molar-refractivity contribution in [2.45, 2.75) is 6.42 Å². The smallest absolute Gasteiger partial charge is 0.0349 e. The second-order valence-corrected chi connectivity index (χ2v) is 4.91. The van der Waals surface area contributed by atoms with Crippen molar-refractivity contribution in [1.29, 1.82) is 0 Å². The predicted octanol–water partition coefficient (Wildman–Crippen LogP) is 4.32. The van der Waals surface area contributed by atoms with E-state index in [4.69, 9.17) is 0 Å². The fourth-order valence-electron chi connectivity index (χ4n) is 2.92. The van der Waals surface area contributed by atoms with Crippen LogP contribution in [0.2, 0.25) is 0 Å². The average molecular weight is 243 g/mol. The number of benzene rings is 2. The van der Waals surface area contributed by atoms with Crippen LogP contribution in [0.1, 0.15) is 11.1 Å². The van der Waals surface area contributed by atoms with Crippen LogP contribution in [0.5, 0.6) is 0 Å². The Balaban J connectivity index is 2.13. The third-order valence-electron chi connectivity index (χ3n) is 3.82. The van der Waals surface area contributed by atoms with E-state index >= 15 is 0 Å². The van der Waals surface area contributed by atoms with Crippen LogP contribution in [0, 0.1) is 0 Å². The fourth-order valence-corrected chi connectivity index (χ4v) is 2.92. The van der Waals surface area contributed by atoms with E-state index in [1.165, 1.54) is 33.4 Å². The standard InChI is InChI=1S/C18H13N/c1-2-6-15-13(5-1)11-14-9-10-19-12-18(14)17-8-4-3-7-16(15)17/h1-10,12H,11H2. The van der Waals surface area contributed by atoms with E-state index < -0.39 is 0 Å². The van der Waals surface area contributed by atoms with Crippen molar-refractivity contribution in [2.75, 3.05) is 0 Å². The van der Waals surface area contributed by atoms with Crippen molar-refractivity contribution in [2.24, 2.45) is 0 Å². The second-order valence-electron chi connectivity index (χ2n) is 4.91. The summed E-state index contributed by atoms with van der Waals surface area (Å²) in [6.07, 6.45) is 4.85. The molecule has 1 nitrogen and oxygen atoms in total. The van der Waals surface area contributed by atoms with Gasteiger partial charge < -0.3 is 0 Å². The lowest BCUT2D eigenvalue weighted by molar-refractivity contribution is 1.18. The Morgan fingerprint density at radius 3 is 2.11 bits per heavy atom. The van der Waals surface area contributed by atoms with Crippen molar-refractivity contribution in [3.8, 4) is 22.3 Å². The zero-order valence-electron chi connectivity index (χ0n) is 10.5. The van der Waals surface area contributed by atoms with Gasteiger partial charge in [-0.05, 0) is 40.3 Å². The van der Waals surface area contributed by atoms with Gasteiger partial charge in [-0.2, -0.15) is 0 Å². The minimum absolute atomic E-state index is 0.975. The molecule has 0 fully saturated rings. The van der Waals surface area contributed by atoms with Crippen molar-refractivity contribution >= 4 is 0 Å². The van der Waals surface area contributed by atoms with Crippen LogP contribution in [0.25, 0.3) is 22.3 Å². The van der Waals surface area contributed by atoms with E-state index in [9.17, 15) is 0 Å². The van der Waals surface area contributed by atoms with Gasteiger partial charge in [-0.3, -0.25) is 4.98 Å². The van der Waals surface area contributed by atoms with Crippen LogP contribution < -0.4 is 0 Å². The van der Waals surface area contributed by atoms with Gasteiger partial charge in [0.25, 0.3) is 0 Å². The molecule has 19 heavy (non-hydrogen) atoms. The summed E-state index contributed by atoms with van der Waals surface area (Å²) in [6.45, 7) is 0. The molecular formula is C18H13N. The van der Waals surface area contributed by atoms with Gasteiger partial charge in [0.1, 0.15) is 0 Å². The van der Waals surface area contributed by atoms with E-state index in [-0.39, 0.29) is 0 Å². The largest absolute Gasteiger partial charge is 0.264 e. The lowest BCUT2D eigenvalue weighted by Gasteiger charge is -2.09. The number of hydrogen-bond donors (Lipinski definition) is 0.